The van der Waals surface area contributed by atoms with E-state index >= 15 is 0 Å². The minimum atomic E-state index is 0.674. The minimum absolute atomic E-state index is 0.674. The molecule has 5 heteroatoms. The third kappa shape index (κ3) is 2.79. The first-order chi connectivity index (χ1) is 16.3. The van der Waals surface area contributed by atoms with Crippen molar-refractivity contribution in [1.82, 2.24) is 24.3 Å². The van der Waals surface area contributed by atoms with Crippen LogP contribution in [0.15, 0.2) is 104 Å². The number of hydrogen-bond donors (Lipinski definition) is 0. The molecular weight excluding hydrogens is 406 g/mol. The molecule has 0 N–H and O–H groups in total. The Bertz CT molecular complexity index is 1780. The van der Waals surface area contributed by atoms with Gasteiger partial charge in [-0.3, -0.25) is 14.4 Å². The fourth-order valence-electron chi connectivity index (χ4n) is 4.60. The van der Waals surface area contributed by atoms with Crippen molar-refractivity contribution >= 4 is 38.2 Å². The van der Waals surface area contributed by atoms with E-state index in [4.69, 9.17) is 9.97 Å². The van der Waals surface area contributed by atoms with Gasteiger partial charge in [-0.05, 0) is 51.9 Å². The van der Waals surface area contributed by atoms with Crippen molar-refractivity contribution in [2.75, 3.05) is 0 Å². The van der Waals surface area contributed by atoms with Gasteiger partial charge in [-0.25, -0.2) is 9.97 Å². The molecular formula is C28H17N5. The normalized spacial score (nSPS) is 11.6. The molecule has 0 bridgehead atoms. The summed E-state index contributed by atoms with van der Waals surface area (Å²) in [6, 6.07) is 25.2. The van der Waals surface area contributed by atoms with Crippen LogP contribution in [0.1, 0.15) is 0 Å². The lowest BCUT2D eigenvalue weighted by Gasteiger charge is -2.12. The van der Waals surface area contributed by atoms with Crippen molar-refractivity contribution in [3.8, 4) is 22.5 Å². The SMILES string of the molecule is c1ccc2c(c1)ccc1c3cccnc3c(-c3ccc(-c4cn5cccnc5n4)cn3)cc21. The highest BCUT2D eigenvalue weighted by molar-refractivity contribution is 6.19. The Labute approximate surface area is 189 Å². The van der Waals surface area contributed by atoms with Crippen LogP contribution >= 0.6 is 0 Å². The smallest absolute Gasteiger partial charge is 0.234 e. The number of pyridine rings is 2. The number of benzene rings is 3. The average molecular weight is 423 g/mol. The molecule has 33 heavy (non-hydrogen) atoms. The summed E-state index contributed by atoms with van der Waals surface area (Å²) in [4.78, 5) is 18.5. The van der Waals surface area contributed by atoms with Gasteiger partial charge in [0.25, 0.3) is 0 Å². The largest absolute Gasteiger partial charge is 0.291 e. The lowest BCUT2D eigenvalue weighted by Crippen LogP contribution is -1.91. The van der Waals surface area contributed by atoms with E-state index in [0.717, 1.165) is 33.4 Å². The Morgan fingerprint density at radius 1 is 0.636 bits per heavy atom. The van der Waals surface area contributed by atoms with Crippen molar-refractivity contribution in [2.24, 2.45) is 0 Å². The summed E-state index contributed by atoms with van der Waals surface area (Å²) in [5.74, 6) is 0.674. The standard InChI is InChI=1S/C28H17N5/c1-2-6-20-18(5-1)8-10-21-22-7-3-12-29-27(22)24(15-23(20)21)25-11-9-19(16-31-25)26-17-33-14-4-13-30-28(33)32-26/h1-17H. The molecule has 4 heterocycles. The van der Waals surface area contributed by atoms with Crippen LogP contribution in [0.25, 0.3) is 60.7 Å². The van der Waals surface area contributed by atoms with Crippen molar-refractivity contribution in [2.45, 2.75) is 0 Å². The highest BCUT2D eigenvalue weighted by Crippen LogP contribution is 2.36. The molecule has 0 fully saturated rings. The number of rotatable bonds is 2. The van der Waals surface area contributed by atoms with Crippen LogP contribution in [0.5, 0.6) is 0 Å². The zero-order valence-electron chi connectivity index (χ0n) is 17.6. The Hall–Kier alpha value is -4.64. The van der Waals surface area contributed by atoms with Gasteiger partial charge in [0.05, 0.1) is 16.9 Å². The van der Waals surface area contributed by atoms with Crippen LogP contribution in [-0.2, 0) is 0 Å². The molecule has 5 nitrogen and oxygen atoms in total. The van der Waals surface area contributed by atoms with Crippen LogP contribution in [-0.4, -0.2) is 24.3 Å². The van der Waals surface area contributed by atoms with Crippen LogP contribution < -0.4 is 0 Å². The second kappa shape index (κ2) is 6.93. The predicted octanol–water partition coefficient (Wildman–Crippen LogP) is 6.31. The van der Waals surface area contributed by atoms with Crippen LogP contribution in [0, 0.1) is 0 Å². The summed E-state index contributed by atoms with van der Waals surface area (Å²) in [7, 11) is 0. The predicted molar refractivity (Wildman–Crippen MR) is 132 cm³/mol. The Morgan fingerprint density at radius 2 is 1.55 bits per heavy atom. The first-order valence-electron chi connectivity index (χ1n) is 10.8. The van der Waals surface area contributed by atoms with Gasteiger partial charge in [0.1, 0.15) is 0 Å². The van der Waals surface area contributed by atoms with Crippen LogP contribution in [0.4, 0.5) is 0 Å². The number of fused-ring (bicyclic) bond motifs is 6. The molecule has 0 unspecified atom stereocenters. The van der Waals surface area contributed by atoms with Crippen LogP contribution in [0.3, 0.4) is 0 Å². The second-order valence-electron chi connectivity index (χ2n) is 8.09. The molecule has 7 aromatic rings. The number of hydrogen-bond acceptors (Lipinski definition) is 4. The molecule has 0 amide bonds. The number of imidazole rings is 1. The zero-order chi connectivity index (χ0) is 21.8. The van der Waals surface area contributed by atoms with Crippen molar-refractivity contribution in [3.63, 3.8) is 0 Å². The Morgan fingerprint density at radius 3 is 2.45 bits per heavy atom. The summed E-state index contributed by atoms with van der Waals surface area (Å²) in [5, 5.41) is 6.00. The molecule has 0 radical (unpaired) electrons. The molecule has 0 saturated heterocycles. The topological polar surface area (TPSA) is 56.0 Å². The minimum Gasteiger partial charge on any atom is -0.291 e. The fraction of sp³-hybridized carbons (Fsp3) is 0. The van der Waals surface area contributed by atoms with Gasteiger partial charge in [-0.2, -0.15) is 0 Å². The molecule has 154 valence electrons. The summed E-state index contributed by atoms with van der Waals surface area (Å²) in [6.45, 7) is 0. The maximum Gasteiger partial charge on any atom is 0.234 e. The molecule has 0 aliphatic carbocycles. The van der Waals surface area contributed by atoms with Gasteiger partial charge in [-0.1, -0.05) is 42.5 Å². The third-order valence-corrected chi connectivity index (χ3v) is 6.18. The zero-order valence-corrected chi connectivity index (χ0v) is 17.6. The molecule has 4 aromatic heterocycles. The second-order valence-corrected chi connectivity index (χ2v) is 8.09. The Kier molecular flexibility index (Phi) is 3.78. The number of nitrogens with zero attached hydrogens (tertiary/aromatic N) is 5. The number of aromatic nitrogens is 5. The van der Waals surface area contributed by atoms with Gasteiger partial charge < -0.3 is 0 Å². The Balaban J connectivity index is 1.44. The maximum atomic E-state index is 4.82. The van der Waals surface area contributed by atoms with Gasteiger partial charge in [-0.15, -0.1) is 0 Å². The van der Waals surface area contributed by atoms with E-state index in [0.29, 0.717) is 5.78 Å². The highest BCUT2D eigenvalue weighted by atomic mass is 15.1. The van der Waals surface area contributed by atoms with E-state index < -0.39 is 0 Å². The molecule has 0 aliphatic rings. The van der Waals surface area contributed by atoms with Gasteiger partial charge in [0.2, 0.25) is 5.78 Å². The molecule has 0 saturated carbocycles. The third-order valence-electron chi connectivity index (χ3n) is 6.18. The van der Waals surface area contributed by atoms with Crippen molar-refractivity contribution in [3.05, 3.63) is 104 Å². The molecule has 0 aliphatic heterocycles. The average Bonchev–Trinajstić information content (AvgIpc) is 3.32. The van der Waals surface area contributed by atoms with Gasteiger partial charge >= 0.3 is 0 Å². The molecule has 0 atom stereocenters. The molecule has 7 rings (SSSR count). The van der Waals surface area contributed by atoms with Gasteiger partial charge in [0, 0.05) is 47.5 Å². The monoisotopic (exact) mass is 423 g/mol. The quantitative estimate of drug-likeness (QED) is 0.306. The lowest BCUT2D eigenvalue weighted by molar-refractivity contribution is 1.11. The first-order valence-corrected chi connectivity index (χ1v) is 10.8. The molecule has 0 spiro atoms. The van der Waals surface area contributed by atoms with Crippen LogP contribution in [0.2, 0.25) is 0 Å². The van der Waals surface area contributed by atoms with E-state index in [1.165, 1.54) is 21.5 Å². The van der Waals surface area contributed by atoms with E-state index in [9.17, 15) is 0 Å². The van der Waals surface area contributed by atoms with E-state index in [1.54, 1.807) is 6.20 Å². The maximum absolute atomic E-state index is 4.82. The van der Waals surface area contributed by atoms with Crippen molar-refractivity contribution < 1.29 is 0 Å². The van der Waals surface area contributed by atoms with E-state index in [1.807, 2.05) is 47.4 Å². The summed E-state index contributed by atoms with van der Waals surface area (Å²) in [6.07, 6.45) is 9.38. The summed E-state index contributed by atoms with van der Waals surface area (Å²) < 4.78 is 1.91. The van der Waals surface area contributed by atoms with E-state index in [2.05, 4.69) is 64.6 Å². The summed E-state index contributed by atoms with van der Waals surface area (Å²) >= 11 is 0. The van der Waals surface area contributed by atoms with E-state index in [-0.39, 0.29) is 0 Å². The lowest BCUT2D eigenvalue weighted by atomic mass is 9.95. The van der Waals surface area contributed by atoms with Gasteiger partial charge in [0.15, 0.2) is 0 Å². The molecule has 3 aromatic carbocycles. The summed E-state index contributed by atoms with van der Waals surface area (Å²) in [5.41, 5.74) is 4.67. The van der Waals surface area contributed by atoms with Crippen molar-refractivity contribution in [1.29, 1.82) is 0 Å². The fourth-order valence-corrected chi connectivity index (χ4v) is 4.60. The first kappa shape index (κ1) is 18.0. The highest BCUT2D eigenvalue weighted by Gasteiger charge is 2.13.